The Hall–Kier alpha value is -1.36. The first-order valence-electron chi connectivity index (χ1n) is 8.89. The first-order chi connectivity index (χ1) is 11.2. The third kappa shape index (κ3) is 2.16. The number of fused-ring (bicyclic) bond motifs is 4. The van der Waals surface area contributed by atoms with Crippen LogP contribution >= 0.6 is 11.3 Å². The fourth-order valence-electron chi connectivity index (χ4n) is 5.21. The van der Waals surface area contributed by atoms with Gasteiger partial charge < -0.3 is 9.80 Å². The first kappa shape index (κ1) is 14.0. The van der Waals surface area contributed by atoms with Gasteiger partial charge in [-0.15, -0.1) is 11.3 Å². The number of likely N-dealkylation sites (tertiary alicyclic amines) is 2. The molecule has 0 spiro atoms. The van der Waals surface area contributed by atoms with E-state index in [0.717, 1.165) is 36.4 Å². The van der Waals surface area contributed by atoms with E-state index in [1.807, 2.05) is 21.2 Å². The summed E-state index contributed by atoms with van der Waals surface area (Å²) in [5, 5.41) is 1.88. The Balaban J connectivity index is 1.32. The van der Waals surface area contributed by atoms with Crippen LogP contribution in [-0.2, 0) is 0 Å². The fraction of sp³-hybridized carbons (Fsp3) is 0.667. The lowest BCUT2D eigenvalue weighted by Crippen LogP contribution is -2.38. The monoisotopic (exact) mass is 330 g/mol. The lowest BCUT2D eigenvalue weighted by Gasteiger charge is -2.27. The minimum atomic E-state index is 0.135. The Morgan fingerprint density at radius 3 is 2.04 bits per heavy atom. The van der Waals surface area contributed by atoms with Crippen molar-refractivity contribution in [2.75, 3.05) is 13.1 Å². The number of rotatable bonds is 2. The van der Waals surface area contributed by atoms with Crippen LogP contribution in [0.25, 0.3) is 0 Å². The van der Waals surface area contributed by atoms with E-state index in [0.29, 0.717) is 23.9 Å². The van der Waals surface area contributed by atoms with Crippen molar-refractivity contribution in [3.63, 3.8) is 0 Å². The Bertz CT molecular complexity index is 615. The summed E-state index contributed by atoms with van der Waals surface area (Å²) in [4.78, 5) is 30.3. The highest BCUT2D eigenvalue weighted by molar-refractivity contribution is 7.12. The van der Waals surface area contributed by atoms with Gasteiger partial charge in [0.1, 0.15) is 0 Å². The molecule has 2 amide bonds. The van der Waals surface area contributed by atoms with Gasteiger partial charge in [-0.1, -0.05) is 0 Å². The van der Waals surface area contributed by atoms with Crippen LogP contribution in [0, 0.1) is 11.8 Å². The molecule has 0 radical (unpaired) electrons. The van der Waals surface area contributed by atoms with Crippen molar-refractivity contribution in [2.24, 2.45) is 11.8 Å². The molecule has 1 aromatic heterocycles. The SMILES string of the molecule is O=C(c1csc(C(=O)N2CC3CCC2C3)c1)N1CC2CCC1C2. The molecule has 2 saturated carbocycles. The molecular formula is C18H22N2O2S. The zero-order chi connectivity index (χ0) is 15.6. The van der Waals surface area contributed by atoms with E-state index in [1.165, 1.54) is 37.0 Å². The van der Waals surface area contributed by atoms with Crippen molar-refractivity contribution in [3.8, 4) is 0 Å². The molecule has 23 heavy (non-hydrogen) atoms. The number of hydrogen-bond acceptors (Lipinski definition) is 3. The third-order valence-corrected chi connectivity index (χ3v) is 7.32. The number of thiophene rings is 1. The summed E-state index contributed by atoms with van der Waals surface area (Å²) < 4.78 is 0. The van der Waals surface area contributed by atoms with Gasteiger partial charge in [0.2, 0.25) is 0 Å². The van der Waals surface area contributed by atoms with Crippen LogP contribution in [0.1, 0.15) is 58.6 Å². The summed E-state index contributed by atoms with van der Waals surface area (Å²) in [7, 11) is 0. The summed E-state index contributed by atoms with van der Waals surface area (Å²) in [5.74, 6) is 1.70. The molecule has 4 aliphatic rings. The van der Waals surface area contributed by atoms with E-state index in [2.05, 4.69) is 0 Å². The molecule has 2 aliphatic carbocycles. The van der Waals surface area contributed by atoms with Crippen LogP contribution in [0.4, 0.5) is 0 Å². The van der Waals surface area contributed by atoms with Crippen molar-refractivity contribution in [3.05, 3.63) is 21.9 Å². The van der Waals surface area contributed by atoms with Crippen molar-refractivity contribution in [1.82, 2.24) is 9.80 Å². The maximum atomic E-state index is 12.7. The minimum absolute atomic E-state index is 0.135. The fourth-order valence-corrected chi connectivity index (χ4v) is 6.05. The highest BCUT2D eigenvalue weighted by atomic mass is 32.1. The lowest BCUT2D eigenvalue weighted by molar-refractivity contribution is 0.0704. The normalized spacial score (nSPS) is 34.6. The number of nitrogens with zero attached hydrogens (tertiary/aromatic N) is 2. The van der Waals surface area contributed by atoms with Gasteiger partial charge in [-0.3, -0.25) is 9.59 Å². The van der Waals surface area contributed by atoms with E-state index < -0.39 is 0 Å². The van der Waals surface area contributed by atoms with E-state index in [-0.39, 0.29) is 11.8 Å². The molecule has 5 rings (SSSR count). The van der Waals surface area contributed by atoms with Gasteiger partial charge in [-0.25, -0.2) is 0 Å². The topological polar surface area (TPSA) is 40.6 Å². The third-order valence-electron chi connectivity index (χ3n) is 6.40. The summed E-state index contributed by atoms with van der Waals surface area (Å²) in [6.07, 6.45) is 7.23. The lowest BCUT2D eigenvalue weighted by atomic mass is 10.1. The molecule has 4 atom stereocenters. The van der Waals surface area contributed by atoms with Gasteiger partial charge in [-0.2, -0.15) is 0 Å². The Labute approximate surface area is 140 Å². The van der Waals surface area contributed by atoms with Crippen LogP contribution in [0.15, 0.2) is 11.4 Å². The Kier molecular flexibility index (Phi) is 3.09. The summed E-state index contributed by atoms with van der Waals surface area (Å²) in [6, 6.07) is 2.73. The highest BCUT2D eigenvalue weighted by Crippen LogP contribution is 2.40. The van der Waals surface area contributed by atoms with Gasteiger partial charge >= 0.3 is 0 Å². The largest absolute Gasteiger partial charge is 0.335 e. The second-order valence-corrected chi connectivity index (χ2v) is 8.69. The van der Waals surface area contributed by atoms with E-state index >= 15 is 0 Å². The van der Waals surface area contributed by atoms with Crippen molar-refractivity contribution in [1.29, 1.82) is 0 Å². The number of carbonyl (C=O) groups is 2. The second kappa shape index (κ2) is 5.07. The maximum Gasteiger partial charge on any atom is 0.264 e. The quantitative estimate of drug-likeness (QED) is 0.836. The molecule has 0 N–H and O–H groups in total. The van der Waals surface area contributed by atoms with Gasteiger partial charge in [0, 0.05) is 30.6 Å². The first-order valence-corrected chi connectivity index (χ1v) is 9.77. The Morgan fingerprint density at radius 1 is 0.913 bits per heavy atom. The zero-order valence-electron chi connectivity index (χ0n) is 13.2. The standard InChI is InChI=1S/C18H22N2O2S/c21-17(19-8-11-1-3-14(19)5-11)13-7-16(23-10-13)18(22)20-9-12-2-4-15(20)6-12/h7,10-12,14-15H,1-6,8-9H2. The molecule has 4 unspecified atom stereocenters. The van der Waals surface area contributed by atoms with E-state index in [9.17, 15) is 9.59 Å². The molecule has 2 saturated heterocycles. The van der Waals surface area contributed by atoms with E-state index in [4.69, 9.17) is 0 Å². The molecule has 4 nitrogen and oxygen atoms in total. The molecule has 1 aromatic rings. The molecule has 4 fully saturated rings. The van der Waals surface area contributed by atoms with Gasteiger partial charge in [-0.05, 0) is 56.4 Å². The molecule has 2 aliphatic heterocycles. The highest BCUT2D eigenvalue weighted by Gasteiger charge is 2.42. The number of carbonyl (C=O) groups excluding carboxylic acids is 2. The molecular weight excluding hydrogens is 308 g/mol. The summed E-state index contributed by atoms with van der Waals surface area (Å²) >= 11 is 1.44. The molecule has 3 heterocycles. The molecule has 4 bridgehead atoms. The van der Waals surface area contributed by atoms with Crippen LogP contribution < -0.4 is 0 Å². The molecule has 122 valence electrons. The van der Waals surface area contributed by atoms with Crippen LogP contribution in [0.3, 0.4) is 0 Å². The zero-order valence-corrected chi connectivity index (χ0v) is 14.1. The molecule has 0 aromatic carbocycles. The summed E-state index contributed by atoms with van der Waals surface area (Å²) in [6.45, 7) is 1.83. The summed E-state index contributed by atoms with van der Waals surface area (Å²) in [5.41, 5.74) is 0.718. The predicted molar refractivity (Wildman–Crippen MR) is 88.7 cm³/mol. The van der Waals surface area contributed by atoms with E-state index in [1.54, 1.807) is 0 Å². The number of amides is 2. The van der Waals surface area contributed by atoms with Crippen molar-refractivity contribution < 1.29 is 9.59 Å². The predicted octanol–water partition coefficient (Wildman–Crippen LogP) is 3.00. The van der Waals surface area contributed by atoms with Crippen LogP contribution in [-0.4, -0.2) is 46.8 Å². The van der Waals surface area contributed by atoms with Crippen LogP contribution in [0.5, 0.6) is 0 Å². The second-order valence-electron chi connectivity index (χ2n) is 7.78. The van der Waals surface area contributed by atoms with Gasteiger partial charge in [0.15, 0.2) is 0 Å². The van der Waals surface area contributed by atoms with Crippen molar-refractivity contribution >= 4 is 23.2 Å². The van der Waals surface area contributed by atoms with Gasteiger partial charge in [0.25, 0.3) is 11.8 Å². The molecule has 5 heteroatoms. The van der Waals surface area contributed by atoms with Crippen molar-refractivity contribution in [2.45, 2.75) is 50.6 Å². The number of piperidine rings is 2. The Morgan fingerprint density at radius 2 is 1.52 bits per heavy atom. The number of hydrogen-bond donors (Lipinski definition) is 0. The smallest absolute Gasteiger partial charge is 0.264 e. The maximum absolute atomic E-state index is 12.7. The van der Waals surface area contributed by atoms with Gasteiger partial charge in [0.05, 0.1) is 10.4 Å². The average molecular weight is 330 g/mol. The van der Waals surface area contributed by atoms with Crippen LogP contribution in [0.2, 0.25) is 0 Å². The average Bonchev–Trinajstić information content (AvgIpc) is 3.39. The minimum Gasteiger partial charge on any atom is -0.335 e.